The molecule has 9 heteroatoms. The molecule has 1 saturated heterocycles. The summed E-state index contributed by atoms with van der Waals surface area (Å²) < 4.78 is 11.6. The van der Waals surface area contributed by atoms with Crippen molar-refractivity contribution in [3.05, 3.63) is 35.4 Å². The average Bonchev–Trinajstić information content (AvgIpc) is 3.26. The van der Waals surface area contributed by atoms with Crippen LogP contribution in [0.3, 0.4) is 0 Å². The highest BCUT2D eigenvalue weighted by molar-refractivity contribution is 6.33. The maximum absolute atomic E-state index is 12.0. The Morgan fingerprint density at radius 2 is 1.86 bits per heavy atom. The first kappa shape index (κ1) is 23.9. The highest BCUT2D eigenvalue weighted by Gasteiger charge is 2.25. The van der Waals surface area contributed by atoms with Gasteiger partial charge in [-0.1, -0.05) is 23.7 Å². The summed E-state index contributed by atoms with van der Waals surface area (Å²) >= 11 is 6.60. The lowest BCUT2D eigenvalue weighted by molar-refractivity contribution is -0.130. The third-order valence-electron chi connectivity index (χ3n) is 6.96. The van der Waals surface area contributed by atoms with Crippen molar-refractivity contribution in [2.24, 2.45) is 5.92 Å². The van der Waals surface area contributed by atoms with E-state index in [2.05, 4.69) is 27.0 Å². The van der Waals surface area contributed by atoms with E-state index >= 15 is 0 Å². The Kier molecular flexibility index (Phi) is 7.11. The molecule has 5 rings (SSSR count). The maximum atomic E-state index is 12.0. The van der Waals surface area contributed by atoms with Crippen LogP contribution in [0.2, 0.25) is 5.02 Å². The van der Waals surface area contributed by atoms with Crippen LogP contribution < -0.4 is 9.64 Å². The Morgan fingerprint density at radius 3 is 2.54 bits per heavy atom. The van der Waals surface area contributed by atoms with Crippen LogP contribution >= 0.6 is 11.6 Å². The van der Waals surface area contributed by atoms with Crippen LogP contribution in [0.1, 0.15) is 32.1 Å². The fourth-order valence-corrected chi connectivity index (χ4v) is 5.11. The highest BCUT2D eigenvalue weighted by Crippen LogP contribution is 2.33. The lowest BCUT2D eigenvalue weighted by Gasteiger charge is -2.28. The summed E-state index contributed by atoms with van der Waals surface area (Å²) in [6.07, 6.45) is 4.50. The van der Waals surface area contributed by atoms with Crippen molar-refractivity contribution in [2.75, 3.05) is 45.3 Å². The molecular weight excluding hydrogens is 466 g/mol. The van der Waals surface area contributed by atoms with Crippen molar-refractivity contribution >= 4 is 34.4 Å². The molecule has 1 aliphatic heterocycles. The summed E-state index contributed by atoms with van der Waals surface area (Å²) in [4.78, 5) is 28.5. The number of anilines is 1. The molecule has 2 aromatic heterocycles. The van der Waals surface area contributed by atoms with E-state index in [4.69, 9.17) is 26.1 Å². The molecule has 2 aliphatic rings. The van der Waals surface area contributed by atoms with Gasteiger partial charge in [0.25, 0.3) is 6.01 Å². The van der Waals surface area contributed by atoms with Gasteiger partial charge in [-0.05, 0) is 49.8 Å². The van der Waals surface area contributed by atoms with Crippen molar-refractivity contribution < 1.29 is 14.3 Å². The molecule has 186 valence electrons. The molecule has 1 saturated carbocycles. The molecule has 0 atom stereocenters. The Hall–Kier alpha value is -2.84. The Bertz CT molecular complexity index is 1170. The minimum atomic E-state index is 0.0870. The first-order valence-corrected chi connectivity index (χ1v) is 12.7. The van der Waals surface area contributed by atoms with E-state index in [1.807, 2.05) is 32.3 Å². The standard InChI is InChI=1S/C26H32ClN5O3/c1-31(2)23(33)15-17-3-9-20(10-4-17)35-26-28-22-16-21(27)24(29-25(22)30-26)18-5-7-19(8-6-18)32-11-13-34-14-12-32/h5-8,16-17,20H,3-4,9-15H2,1-2H3,(H,28,29,30)/t17-,20-. The lowest BCUT2D eigenvalue weighted by atomic mass is 9.85. The van der Waals surface area contributed by atoms with E-state index in [-0.39, 0.29) is 12.0 Å². The minimum Gasteiger partial charge on any atom is -0.461 e. The number of halogens is 1. The number of carbonyl (C=O) groups excluding carboxylic acids is 1. The van der Waals surface area contributed by atoms with E-state index in [1.54, 1.807) is 4.90 Å². The minimum absolute atomic E-state index is 0.0870. The molecule has 3 aromatic rings. The van der Waals surface area contributed by atoms with E-state index in [0.29, 0.717) is 34.7 Å². The number of aromatic amines is 1. The number of hydrogen-bond acceptors (Lipinski definition) is 6. The quantitative estimate of drug-likeness (QED) is 0.538. The molecule has 35 heavy (non-hydrogen) atoms. The van der Waals surface area contributed by atoms with Gasteiger partial charge in [0.2, 0.25) is 5.91 Å². The fourth-order valence-electron chi connectivity index (χ4n) is 4.85. The van der Waals surface area contributed by atoms with Gasteiger partial charge in [0.1, 0.15) is 6.10 Å². The van der Waals surface area contributed by atoms with Gasteiger partial charge in [0.05, 0.1) is 29.4 Å². The molecule has 8 nitrogen and oxygen atoms in total. The van der Waals surface area contributed by atoms with E-state index in [1.165, 1.54) is 5.69 Å². The SMILES string of the molecule is CN(C)C(=O)C[C@H]1CC[C@H](Oc2nc3nc(-c4ccc(N5CCOCC5)cc4)c(Cl)cc3[nH]2)CC1. The molecule has 3 heterocycles. The average molecular weight is 498 g/mol. The predicted octanol–water partition coefficient (Wildman–Crippen LogP) is 4.53. The molecule has 1 N–H and O–H groups in total. The third-order valence-corrected chi connectivity index (χ3v) is 7.24. The van der Waals surface area contributed by atoms with Crippen LogP contribution in [0.4, 0.5) is 5.69 Å². The van der Waals surface area contributed by atoms with Gasteiger partial charge >= 0.3 is 0 Å². The first-order chi connectivity index (χ1) is 17.0. The number of amides is 1. The number of carbonyl (C=O) groups is 1. The molecule has 1 aliphatic carbocycles. The van der Waals surface area contributed by atoms with Gasteiger partial charge in [-0.3, -0.25) is 4.79 Å². The molecule has 0 unspecified atom stereocenters. The summed E-state index contributed by atoms with van der Waals surface area (Å²) in [5.74, 6) is 0.624. The smallest absolute Gasteiger partial charge is 0.296 e. The number of ether oxygens (including phenoxy) is 2. The van der Waals surface area contributed by atoms with Crippen molar-refractivity contribution in [2.45, 2.75) is 38.2 Å². The largest absolute Gasteiger partial charge is 0.461 e. The Balaban J connectivity index is 1.25. The molecule has 0 bridgehead atoms. The van der Waals surface area contributed by atoms with Gasteiger partial charge in [-0.25, -0.2) is 4.98 Å². The van der Waals surface area contributed by atoms with Crippen molar-refractivity contribution in [1.82, 2.24) is 19.9 Å². The normalized spacial score (nSPS) is 20.7. The molecular formula is C26H32ClN5O3. The van der Waals surface area contributed by atoms with Gasteiger partial charge in [-0.15, -0.1) is 0 Å². The van der Waals surface area contributed by atoms with Crippen LogP contribution in [0.15, 0.2) is 30.3 Å². The van der Waals surface area contributed by atoms with E-state index in [9.17, 15) is 4.79 Å². The van der Waals surface area contributed by atoms with Crippen molar-refractivity contribution in [3.63, 3.8) is 0 Å². The summed E-state index contributed by atoms with van der Waals surface area (Å²) in [6, 6.07) is 10.6. The summed E-state index contributed by atoms with van der Waals surface area (Å²) in [7, 11) is 3.62. The molecule has 1 aromatic carbocycles. The van der Waals surface area contributed by atoms with Gasteiger partial charge in [0, 0.05) is 44.9 Å². The second kappa shape index (κ2) is 10.4. The molecule has 2 fully saturated rings. The first-order valence-electron chi connectivity index (χ1n) is 12.3. The summed E-state index contributed by atoms with van der Waals surface area (Å²) in [5.41, 5.74) is 4.16. The zero-order valence-electron chi connectivity index (χ0n) is 20.3. The highest BCUT2D eigenvalue weighted by atomic mass is 35.5. The summed E-state index contributed by atoms with van der Waals surface area (Å²) in [6.45, 7) is 3.31. The van der Waals surface area contributed by atoms with Gasteiger partial charge in [0.15, 0.2) is 5.65 Å². The Morgan fingerprint density at radius 1 is 1.14 bits per heavy atom. The fraction of sp³-hybridized carbons (Fsp3) is 0.500. The number of imidazole rings is 1. The third kappa shape index (κ3) is 5.54. The number of morpholine rings is 1. The van der Waals surface area contributed by atoms with Crippen LogP contribution in [0.5, 0.6) is 6.01 Å². The van der Waals surface area contributed by atoms with Gasteiger partial charge < -0.3 is 24.3 Å². The number of nitrogens with zero attached hydrogens (tertiary/aromatic N) is 4. The van der Waals surface area contributed by atoms with Crippen LogP contribution in [0, 0.1) is 5.92 Å². The van der Waals surface area contributed by atoms with Crippen molar-refractivity contribution in [3.8, 4) is 17.3 Å². The second-order valence-electron chi connectivity index (χ2n) is 9.63. The second-order valence-corrected chi connectivity index (χ2v) is 10.0. The molecule has 0 radical (unpaired) electrons. The number of benzene rings is 1. The zero-order valence-corrected chi connectivity index (χ0v) is 21.1. The van der Waals surface area contributed by atoms with Crippen LogP contribution in [-0.4, -0.2) is 72.3 Å². The topological polar surface area (TPSA) is 83.6 Å². The van der Waals surface area contributed by atoms with E-state index in [0.717, 1.165) is 63.1 Å². The van der Waals surface area contributed by atoms with Crippen molar-refractivity contribution in [1.29, 1.82) is 0 Å². The number of hydrogen-bond donors (Lipinski definition) is 1. The number of nitrogens with one attached hydrogen (secondary N) is 1. The number of rotatable bonds is 6. The van der Waals surface area contributed by atoms with E-state index < -0.39 is 0 Å². The van der Waals surface area contributed by atoms with Crippen LogP contribution in [0.25, 0.3) is 22.4 Å². The number of fused-ring (bicyclic) bond motifs is 1. The lowest BCUT2D eigenvalue weighted by Crippen LogP contribution is -2.36. The monoisotopic (exact) mass is 497 g/mol. The number of H-pyrrole nitrogens is 1. The maximum Gasteiger partial charge on any atom is 0.296 e. The predicted molar refractivity (Wildman–Crippen MR) is 137 cm³/mol. The van der Waals surface area contributed by atoms with Crippen LogP contribution in [-0.2, 0) is 9.53 Å². The Labute approximate surface area is 210 Å². The zero-order chi connectivity index (χ0) is 24.4. The number of aromatic nitrogens is 3. The molecule has 0 spiro atoms. The summed E-state index contributed by atoms with van der Waals surface area (Å²) in [5, 5.41) is 0.567. The number of pyridine rings is 1. The van der Waals surface area contributed by atoms with Gasteiger partial charge in [-0.2, -0.15) is 4.98 Å². The molecule has 1 amide bonds.